The van der Waals surface area contributed by atoms with Gasteiger partial charge in [0.15, 0.2) is 0 Å². The van der Waals surface area contributed by atoms with Crippen molar-refractivity contribution in [3.8, 4) is 22.6 Å². The summed E-state index contributed by atoms with van der Waals surface area (Å²) >= 11 is 1.87. The molecule has 1 spiro atoms. The van der Waals surface area contributed by atoms with Gasteiger partial charge in [0.25, 0.3) is 0 Å². The van der Waals surface area contributed by atoms with Gasteiger partial charge in [-0.2, -0.15) is 0 Å². The Kier molecular flexibility index (Phi) is 5.78. The SMILES string of the molecule is c1ccc(N(c2ccc3c(c2)C2(c4ccccc4Oc4ccc5ccccc5c42)c2ccccc2-3)c2cccc3c2sc2ccccc23)cc1. The summed E-state index contributed by atoms with van der Waals surface area (Å²) in [5, 5.41) is 5.00. The lowest BCUT2D eigenvalue weighted by molar-refractivity contribution is 0.438. The molecule has 234 valence electrons. The van der Waals surface area contributed by atoms with Gasteiger partial charge in [0, 0.05) is 38.0 Å². The first-order chi connectivity index (χ1) is 24.8. The Morgan fingerprint density at radius 2 is 1.18 bits per heavy atom. The molecule has 0 saturated carbocycles. The van der Waals surface area contributed by atoms with Crippen LogP contribution in [0.25, 0.3) is 42.1 Å². The molecule has 0 bridgehead atoms. The van der Waals surface area contributed by atoms with Crippen LogP contribution < -0.4 is 9.64 Å². The number of benzene rings is 8. The summed E-state index contributed by atoms with van der Waals surface area (Å²) in [7, 11) is 0. The predicted octanol–water partition coefficient (Wildman–Crippen LogP) is 13.1. The Balaban J connectivity index is 1.26. The molecule has 1 aliphatic carbocycles. The van der Waals surface area contributed by atoms with Gasteiger partial charge in [-0.25, -0.2) is 0 Å². The van der Waals surface area contributed by atoms with E-state index in [1.165, 1.54) is 70.0 Å². The molecule has 2 heterocycles. The fourth-order valence-corrected chi connectivity index (χ4v) is 9.93. The molecule has 1 atom stereocenters. The van der Waals surface area contributed by atoms with Crippen molar-refractivity contribution in [2.24, 2.45) is 0 Å². The van der Waals surface area contributed by atoms with Crippen LogP contribution in [0, 0.1) is 0 Å². The van der Waals surface area contributed by atoms with Crippen LogP contribution in [0.15, 0.2) is 176 Å². The molecule has 3 heteroatoms. The number of hydrogen-bond donors (Lipinski definition) is 0. The van der Waals surface area contributed by atoms with E-state index in [1.54, 1.807) is 0 Å². The van der Waals surface area contributed by atoms with E-state index in [2.05, 4.69) is 181 Å². The number of para-hydroxylation sites is 2. The second-order valence-electron chi connectivity index (χ2n) is 13.2. The molecular weight excluding hydrogens is 627 g/mol. The minimum Gasteiger partial charge on any atom is -0.457 e. The zero-order valence-electron chi connectivity index (χ0n) is 27.0. The number of fused-ring (bicyclic) bond motifs is 14. The summed E-state index contributed by atoms with van der Waals surface area (Å²) in [6.45, 7) is 0. The largest absolute Gasteiger partial charge is 0.457 e. The van der Waals surface area contributed by atoms with E-state index in [0.717, 1.165) is 22.9 Å². The average molecular weight is 656 g/mol. The van der Waals surface area contributed by atoms with Gasteiger partial charge in [0.2, 0.25) is 0 Å². The van der Waals surface area contributed by atoms with Crippen LogP contribution in [-0.4, -0.2) is 0 Å². The van der Waals surface area contributed by atoms with Crippen molar-refractivity contribution in [2.45, 2.75) is 5.41 Å². The summed E-state index contributed by atoms with van der Waals surface area (Å²) in [6, 6.07) is 64.1. The van der Waals surface area contributed by atoms with Crippen LogP contribution in [0.1, 0.15) is 22.3 Å². The second kappa shape index (κ2) is 10.4. The maximum atomic E-state index is 6.79. The van der Waals surface area contributed by atoms with E-state index < -0.39 is 5.41 Å². The highest BCUT2D eigenvalue weighted by molar-refractivity contribution is 7.26. The van der Waals surface area contributed by atoms with Crippen molar-refractivity contribution in [2.75, 3.05) is 4.90 Å². The third-order valence-corrected chi connectivity index (χ3v) is 11.9. The van der Waals surface area contributed by atoms with Crippen LogP contribution in [0.3, 0.4) is 0 Å². The average Bonchev–Trinajstić information content (AvgIpc) is 3.70. The van der Waals surface area contributed by atoms with Crippen molar-refractivity contribution < 1.29 is 4.74 Å². The van der Waals surface area contributed by atoms with Crippen LogP contribution >= 0.6 is 11.3 Å². The molecule has 1 aliphatic heterocycles. The highest BCUT2D eigenvalue weighted by Gasteiger charge is 2.52. The lowest BCUT2D eigenvalue weighted by Crippen LogP contribution is -2.32. The molecule has 1 aromatic heterocycles. The van der Waals surface area contributed by atoms with Gasteiger partial charge >= 0.3 is 0 Å². The fourth-order valence-electron chi connectivity index (χ4n) is 8.72. The van der Waals surface area contributed by atoms with Gasteiger partial charge in [0.1, 0.15) is 11.5 Å². The molecule has 0 fully saturated rings. The molecule has 0 amide bonds. The topological polar surface area (TPSA) is 12.5 Å². The predicted molar refractivity (Wildman–Crippen MR) is 209 cm³/mol. The van der Waals surface area contributed by atoms with Gasteiger partial charge in [-0.05, 0) is 81.6 Å². The van der Waals surface area contributed by atoms with E-state index in [0.29, 0.717) is 0 Å². The van der Waals surface area contributed by atoms with E-state index in [9.17, 15) is 0 Å². The Bertz CT molecular complexity index is 2820. The Morgan fingerprint density at radius 3 is 2.10 bits per heavy atom. The summed E-state index contributed by atoms with van der Waals surface area (Å²) in [5.74, 6) is 1.81. The van der Waals surface area contributed by atoms with Gasteiger partial charge in [-0.15, -0.1) is 11.3 Å². The first-order valence-electron chi connectivity index (χ1n) is 17.1. The van der Waals surface area contributed by atoms with E-state index >= 15 is 0 Å². The first-order valence-corrected chi connectivity index (χ1v) is 17.9. The zero-order valence-corrected chi connectivity index (χ0v) is 27.8. The van der Waals surface area contributed by atoms with Crippen LogP contribution in [0.2, 0.25) is 0 Å². The third kappa shape index (κ3) is 3.67. The van der Waals surface area contributed by atoms with E-state index in [-0.39, 0.29) is 0 Å². The van der Waals surface area contributed by atoms with Crippen molar-refractivity contribution in [1.29, 1.82) is 0 Å². The summed E-state index contributed by atoms with van der Waals surface area (Å²) in [5.41, 5.74) is 10.3. The van der Waals surface area contributed by atoms with Crippen LogP contribution in [0.5, 0.6) is 11.5 Å². The molecule has 9 aromatic rings. The molecule has 11 rings (SSSR count). The molecular formula is C47H29NOS. The standard InChI is InChI=1S/C47H29NOS/c1-2-14-31(15-3-1)48(41-22-12-19-37-36-18-7-11-24-44(36)50-46(37)41)32-26-27-35-34-17-6-8-20-38(34)47(40(35)29-32)39-21-9-10-23-42(39)49-43-28-25-30-13-4-5-16-33(30)45(43)47/h1-29H. The second-order valence-corrected chi connectivity index (χ2v) is 14.3. The van der Waals surface area contributed by atoms with E-state index in [1.807, 2.05) is 11.3 Å². The summed E-state index contributed by atoms with van der Waals surface area (Å²) in [6.07, 6.45) is 0. The Morgan fingerprint density at radius 1 is 0.460 bits per heavy atom. The smallest absolute Gasteiger partial charge is 0.132 e. The number of thiophene rings is 1. The van der Waals surface area contributed by atoms with Crippen molar-refractivity contribution in [3.63, 3.8) is 0 Å². The third-order valence-electron chi connectivity index (χ3n) is 10.7. The number of hydrogen-bond acceptors (Lipinski definition) is 3. The van der Waals surface area contributed by atoms with Gasteiger partial charge in [-0.1, -0.05) is 127 Å². The first kappa shape index (κ1) is 27.8. The zero-order chi connectivity index (χ0) is 32.8. The summed E-state index contributed by atoms with van der Waals surface area (Å²) in [4.78, 5) is 2.45. The van der Waals surface area contributed by atoms with Gasteiger partial charge < -0.3 is 9.64 Å². The highest BCUT2D eigenvalue weighted by Crippen LogP contribution is 2.64. The molecule has 50 heavy (non-hydrogen) atoms. The van der Waals surface area contributed by atoms with Crippen LogP contribution in [-0.2, 0) is 5.41 Å². The maximum Gasteiger partial charge on any atom is 0.132 e. The molecule has 0 radical (unpaired) electrons. The Hall–Kier alpha value is -6.16. The fraction of sp³-hybridized carbons (Fsp3) is 0.0213. The summed E-state index contributed by atoms with van der Waals surface area (Å²) < 4.78 is 9.37. The van der Waals surface area contributed by atoms with Crippen molar-refractivity contribution >= 4 is 59.3 Å². The van der Waals surface area contributed by atoms with Crippen molar-refractivity contribution in [1.82, 2.24) is 0 Å². The normalized spacial score (nSPS) is 15.4. The molecule has 2 aliphatic rings. The lowest BCUT2D eigenvalue weighted by Gasteiger charge is -2.40. The number of ether oxygens (including phenoxy) is 1. The molecule has 8 aromatic carbocycles. The molecule has 2 nitrogen and oxygen atoms in total. The molecule has 1 unspecified atom stereocenters. The molecule has 0 N–H and O–H groups in total. The highest BCUT2D eigenvalue weighted by atomic mass is 32.1. The molecule has 0 saturated heterocycles. The maximum absolute atomic E-state index is 6.79. The van der Waals surface area contributed by atoms with Crippen LogP contribution in [0.4, 0.5) is 17.1 Å². The lowest BCUT2D eigenvalue weighted by atomic mass is 9.65. The minimum absolute atomic E-state index is 0.584. The van der Waals surface area contributed by atoms with Gasteiger partial charge in [0.05, 0.1) is 15.8 Å². The van der Waals surface area contributed by atoms with Crippen molar-refractivity contribution in [3.05, 3.63) is 198 Å². The monoisotopic (exact) mass is 655 g/mol. The van der Waals surface area contributed by atoms with Gasteiger partial charge in [-0.3, -0.25) is 0 Å². The number of nitrogens with zero attached hydrogens (tertiary/aromatic N) is 1. The van der Waals surface area contributed by atoms with E-state index in [4.69, 9.17) is 4.74 Å². The Labute approximate surface area is 294 Å². The minimum atomic E-state index is -0.584. The number of rotatable bonds is 3. The number of anilines is 3. The quantitative estimate of drug-likeness (QED) is 0.188.